The molecule has 0 unspecified atom stereocenters. The Morgan fingerprint density at radius 3 is 2.53 bits per heavy atom. The van der Waals surface area contributed by atoms with Crippen molar-refractivity contribution in [1.29, 1.82) is 0 Å². The van der Waals surface area contributed by atoms with Crippen LogP contribution in [0.15, 0.2) is 15.9 Å². The van der Waals surface area contributed by atoms with E-state index < -0.39 is 0 Å². The topological polar surface area (TPSA) is 29.1 Å². The normalized spacial score (nSPS) is 11.5. The maximum Gasteiger partial charge on any atom is 0.261 e. The Labute approximate surface area is 120 Å². The summed E-state index contributed by atoms with van der Waals surface area (Å²) in [5.74, 6) is 0.0287. The summed E-state index contributed by atoms with van der Waals surface area (Å²) >= 11 is 6.67. The lowest BCUT2D eigenvalue weighted by Gasteiger charge is -2.29. The maximum absolute atomic E-state index is 11.9. The highest BCUT2D eigenvalue weighted by molar-refractivity contribution is 9.11. The van der Waals surface area contributed by atoms with Crippen LogP contribution in [0, 0.1) is 0 Å². The number of carbonyl (C=O) groups excluding carboxylic acids is 1. The molecule has 0 radical (unpaired) electrons. The molecule has 0 fully saturated rings. The van der Waals surface area contributed by atoms with Crippen molar-refractivity contribution >= 4 is 44.9 Å². The number of hydrogen-bond donors (Lipinski definition) is 1. The summed E-state index contributed by atoms with van der Waals surface area (Å²) in [7, 11) is 0. The minimum atomic E-state index is 0.0287. The predicted octanol–water partition coefficient (Wildman–Crippen LogP) is 4.16. The Hall–Kier alpha value is -0.000000000000000111. The van der Waals surface area contributed by atoms with Gasteiger partial charge in [-0.1, -0.05) is 13.8 Å². The van der Waals surface area contributed by atoms with Gasteiger partial charge >= 0.3 is 0 Å². The number of thioether (sulfide) groups is 1. The molecular formula is C12H18BrNOS2. The highest BCUT2D eigenvalue weighted by atomic mass is 79.9. The first-order valence-electron chi connectivity index (χ1n) is 5.65. The zero-order valence-electron chi connectivity index (χ0n) is 10.4. The van der Waals surface area contributed by atoms with Gasteiger partial charge in [-0.3, -0.25) is 4.79 Å². The minimum Gasteiger partial charge on any atom is -0.350 e. The standard InChI is InChI=1S/C12H18BrNOS2/c1-4-12(5-2,16-3)8-14-11(15)9-6-7-10(13)17-9/h6-7H,4-5,8H2,1-3H3,(H,14,15). The molecule has 0 saturated carbocycles. The van der Waals surface area contributed by atoms with Gasteiger partial charge in [0.15, 0.2) is 0 Å². The van der Waals surface area contributed by atoms with Crippen LogP contribution >= 0.6 is 39.0 Å². The van der Waals surface area contributed by atoms with Crippen molar-refractivity contribution in [3.8, 4) is 0 Å². The van der Waals surface area contributed by atoms with Gasteiger partial charge in [0.1, 0.15) is 0 Å². The highest BCUT2D eigenvalue weighted by Crippen LogP contribution is 2.30. The van der Waals surface area contributed by atoms with Gasteiger partial charge in [0, 0.05) is 11.3 Å². The van der Waals surface area contributed by atoms with E-state index in [2.05, 4.69) is 41.3 Å². The fourth-order valence-electron chi connectivity index (χ4n) is 1.63. The van der Waals surface area contributed by atoms with E-state index in [1.165, 1.54) is 11.3 Å². The number of hydrogen-bond acceptors (Lipinski definition) is 3. The summed E-state index contributed by atoms with van der Waals surface area (Å²) in [4.78, 5) is 12.7. The van der Waals surface area contributed by atoms with E-state index in [-0.39, 0.29) is 10.7 Å². The molecule has 0 aliphatic heterocycles. The zero-order valence-corrected chi connectivity index (χ0v) is 13.6. The SMILES string of the molecule is CCC(CC)(CNC(=O)c1ccc(Br)s1)SC. The molecule has 0 bridgehead atoms. The van der Waals surface area contributed by atoms with Crippen molar-refractivity contribution < 1.29 is 4.79 Å². The van der Waals surface area contributed by atoms with E-state index in [0.717, 1.165) is 28.0 Å². The van der Waals surface area contributed by atoms with E-state index >= 15 is 0 Å². The van der Waals surface area contributed by atoms with Crippen molar-refractivity contribution in [1.82, 2.24) is 5.32 Å². The molecule has 96 valence electrons. The largest absolute Gasteiger partial charge is 0.350 e. The van der Waals surface area contributed by atoms with Crippen LogP contribution in [0.3, 0.4) is 0 Å². The number of nitrogens with one attached hydrogen (secondary N) is 1. The predicted molar refractivity (Wildman–Crippen MR) is 81.2 cm³/mol. The lowest BCUT2D eigenvalue weighted by atomic mass is 10.0. The van der Waals surface area contributed by atoms with Gasteiger partial charge in [0.05, 0.1) is 8.66 Å². The molecule has 1 rings (SSSR count). The smallest absolute Gasteiger partial charge is 0.261 e. The van der Waals surface area contributed by atoms with Crippen LogP contribution in [0.1, 0.15) is 36.4 Å². The molecule has 1 N–H and O–H groups in total. The quantitative estimate of drug-likeness (QED) is 0.845. The third-order valence-electron chi connectivity index (χ3n) is 3.09. The molecule has 0 spiro atoms. The second kappa shape index (κ2) is 6.81. The first-order chi connectivity index (χ1) is 8.06. The summed E-state index contributed by atoms with van der Waals surface area (Å²) in [5, 5.41) is 3.04. The van der Waals surface area contributed by atoms with Crippen molar-refractivity contribution in [3.63, 3.8) is 0 Å². The highest BCUT2D eigenvalue weighted by Gasteiger charge is 2.25. The second-order valence-corrected chi connectivity index (χ2v) is 7.62. The van der Waals surface area contributed by atoms with Crippen LogP contribution in [-0.2, 0) is 0 Å². The van der Waals surface area contributed by atoms with Crippen LogP contribution in [0.25, 0.3) is 0 Å². The average molecular weight is 336 g/mol. The Morgan fingerprint density at radius 2 is 2.12 bits per heavy atom. The monoisotopic (exact) mass is 335 g/mol. The Kier molecular flexibility index (Phi) is 6.03. The van der Waals surface area contributed by atoms with Gasteiger partial charge in [-0.25, -0.2) is 0 Å². The molecule has 0 atom stereocenters. The van der Waals surface area contributed by atoms with Crippen LogP contribution in [0.5, 0.6) is 0 Å². The number of amides is 1. The van der Waals surface area contributed by atoms with Crippen molar-refractivity contribution in [3.05, 3.63) is 20.8 Å². The fraction of sp³-hybridized carbons (Fsp3) is 0.583. The minimum absolute atomic E-state index is 0.0287. The third-order valence-corrected chi connectivity index (χ3v) is 6.30. The van der Waals surface area contributed by atoms with E-state index in [9.17, 15) is 4.79 Å². The molecule has 1 aromatic heterocycles. The summed E-state index contributed by atoms with van der Waals surface area (Å²) in [6, 6.07) is 3.75. The lowest BCUT2D eigenvalue weighted by molar-refractivity contribution is 0.0953. The number of halogens is 1. The molecule has 0 aliphatic carbocycles. The number of carbonyl (C=O) groups is 1. The Morgan fingerprint density at radius 1 is 1.47 bits per heavy atom. The van der Waals surface area contributed by atoms with Gasteiger partial charge < -0.3 is 5.32 Å². The first-order valence-corrected chi connectivity index (χ1v) is 8.49. The molecule has 5 heteroatoms. The average Bonchev–Trinajstić information content (AvgIpc) is 2.78. The third kappa shape index (κ3) is 4.00. The number of thiophene rings is 1. The van der Waals surface area contributed by atoms with Crippen LogP contribution < -0.4 is 5.32 Å². The van der Waals surface area contributed by atoms with Crippen LogP contribution in [-0.4, -0.2) is 23.5 Å². The van der Waals surface area contributed by atoms with Crippen molar-refractivity contribution in [2.24, 2.45) is 0 Å². The summed E-state index contributed by atoms with van der Waals surface area (Å²) in [6.45, 7) is 5.08. The van der Waals surface area contributed by atoms with Crippen molar-refractivity contribution in [2.45, 2.75) is 31.4 Å². The first kappa shape index (κ1) is 15.1. The van der Waals surface area contributed by atoms with Gasteiger partial charge in [-0.15, -0.1) is 11.3 Å². The number of rotatable bonds is 6. The van der Waals surface area contributed by atoms with E-state index in [0.29, 0.717) is 0 Å². The molecule has 1 heterocycles. The Balaban J connectivity index is 2.58. The molecule has 0 saturated heterocycles. The van der Waals surface area contributed by atoms with Gasteiger partial charge in [0.2, 0.25) is 0 Å². The fourth-order valence-corrected chi connectivity index (χ4v) is 3.72. The Bertz CT molecular complexity index is 366. The summed E-state index contributed by atoms with van der Waals surface area (Å²) < 4.78 is 1.16. The molecule has 0 aliphatic rings. The van der Waals surface area contributed by atoms with E-state index in [1.54, 1.807) is 0 Å². The molecule has 1 aromatic rings. The molecule has 17 heavy (non-hydrogen) atoms. The second-order valence-electron chi connectivity index (χ2n) is 3.88. The molecule has 2 nitrogen and oxygen atoms in total. The van der Waals surface area contributed by atoms with Crippen LogP contribution in [0.2, 0.25) is 0 Å². The molecule has 0 aromatic carbocycles. The van der Waals surface area contributed by atoms with Gasteiger partial charge in [-0.2, -0.15) is 11.8 Å². The van der Waals surface area contributed by atoms with Crippen LogP contribution in [0.4, 0.5) is 0 Å². The summed E-state index contributed by atoms with van der Waals surface area (Å²) in [6.07, 6.45) is 4.25. The zero-order chi connectivity index (χ0) is 12.9. The van der Waals surface area contributed by atoms with Gasteiger partial charge in [0.25, 0.3) is 5.91 Å². The van der Waals surface area contributed by atoms with E-state index in [4.69, 9.17) is 0 Å². The van der Waals surface area contributed by atoms with Gasteiger partial charge in [-0.05, 0) is 47.2 Å². The lowest BCUT2D eigenvalue weighted by Crippen LogP contribution is -2.39. The molecule has 1 amide bonds. The molecular weight excluding hydrogens is 318 g/mol. The van der Waals surface area contributed by atoms with E-state index in [1.807, 2.05) is 23.9 Å². The maximum atomic E-state index is 11.9. The van der Waals surface area contributed by atoms with Crippen molar-refractivity contribution in [2.75, 3.05) is 12.8 Å². The summed E-state index contributed by atoms with van der Waals surface area (Å²) in [5.41, 5.74) is 0.